The van der Waals surface area contributed by atoms with E-state index < -0.39 is 0 Å². The van der Waals surface area contributed by atoms with Crippen molar-refractivity contribution in [3.63, 3.8) is 0 Å². The number of fused-ring (bicyclic) bond motifs is 1. The second kappa shape index (κ2) is 13.0. The van der Waals surface area contributed by atoms with Crippen LogP contribution in [0.15, 0.2) is 54.6 Å². The maximum absolute atomic E-state index is 14.2. The number of carbonyl (C=O) groups is 1. The first kappa shape index (κ1) is 29.5. The van der Waals surface area contributed by atoms with Gasteiger partial charge in [-0.15, -0.1) is 0 Å². The molecule has 2 aromatic carbocycles. The summed E-state index contributed by atoms with van der Waals surface area (Å²) in [7, 11) is 1.40. The number of aromatic nitrogens is 3. The lowest BCUT2D eigenvalue weighted by Gasteiger charge is -2.37. The predicted molar refractivity (Wildman–Crippen MR) is 162 cm³/mol. The monoisotopic (exact) mass is 606 g/mol. The molecular weight excluding hydrogens is 571 g/mol. The molecule has 4 aromatic rings. The highest BCUT2D eigenvalue weighted by molar-refractivity contribution is 6.30. The molecule has 10 heteroatoms. The molecule has 1 unspecified atom stereocenters. The minimum absolute atomic E-state index is 0.0874. The van der Waals surface area contributed by atoms with Gasteiger partial charge in [-0.3, -0.25) is 4.90 Å². The van der Waals surface area contributed by atoms with Crippen molar-refractivity contribution in [3.05, 3.63) is 88.1 Å². The van der Waals surface area contributed by atoms with Gasteiger partial charge in [0.2, 0.25) is 5.88 Å². The van der Waals surface area contributed by atoms with Crippen molar-refractivity contribution in [3.8, 4) is 5.88 Å². The van der Waals surface area contributed by atoms with Gasteiger partial charge in [0.1, 0.15) is 18.2 Å². The fraction of sp³-hybridized carbons (Fsp3) is 0.424. The number of pyridine rings is 1. The van der Waals surface area contributed by atoms with Crippen LogP contribution in [-0.4, -0.2) is 58.3 Å². The van der Waals surface area contributed by atoms with Crippen LogP contribution in [0.3, 0.4) is 0 Å². The average molecular weight is 607 g/mol. The van der Waals surface area contributed by atoms with E-state index in [9.17, 15) is 9.18 Å². The molecule has 2 atom stereocenters. The number of nitrogens with zero attached hydrogens (tertiary/aromatic N) is 4. The first-order chi connectivity index (χ1) is 20.9. The van der Waals surface area contributed by atoms with Crippen LogP contribution >= 0.6 is 11.6 Å². The molecule has 4 heterocycles. The highest BCUT2D eigenvalue weighted by Gasteiger charge is 2.31. The van der Waals surface area contributed by atoms with Gasteiger partial charge in [0, 0.05) is 34.9 Å². The number of hydrogen-bond acceptors (Lipinski definition) is 7. The Bertz CT molecular complexity index is 1600. The first-order valence-corrected chi connectivity index (χ1v) is 15.3. The molecule has 226 valence electrons. The Kier molecular flexibility index (Phi) is 8.93. The molecule has 2 aliphatic heterocycles. The second-order valence-electron chi connectivity index (χ2n) is 11.2. The normalized spacial score (nSPS) is 18.4. The summed E-state index contributed by atoms with van der Waals surface area (Å²) in [5.41, 5.74) is 3.75. The van der Waals surface area contributed by atoms with E-state index in [1.165, 1.54) is 13.2 Å². The third kappa shape index (κ3) is 6.39. The Morgan fingerprint density at radius 3 is 2.63 bits per heavy atom. The zero-order chi connectivity index (χ0) is 29.9. The Labute approximate surface area is 255 Å². The SMILES string of the molecule is CC[C@@H](c1nc2ccc(C(=O)OC)cc2n1CC1CCO1)N1CCC(c2cccc(OCc3ccc(Cl)cc3F)n2)CC1. The van der Waals surface area contributed by atoms with E-state index in [-0.39, 0.29) is 30.5 Å². The van der Waals surface area contributed by atoms with E-state index in [1.807, 2.05) is 30.3 Å². The zero-order valence-corrected chi connectivity index (χ0v) is 25.2. The number of rotatable bonds is 10. The molecule has 2 aromatic heterocycles. The molecule has 0 spiro atoms. The highest BCUT2D eigenvalue weighted by Crippen LogP contribution is 2.35. The third-order valence-corrected chi connectivity index (χ3v) is 8.82. The second-order valence-corrected chi connectivity index (χ2v) is 11.7. The van der Waals surface area contributed by atoms with Gasteiger partial charge in [-0.05, 0) is 75.2 Å². The standard InChI is InChI=1S/C33H36ClFN4O4/c1-3-29(32-37-28-10-8-22(33(40)41-2)17-30(28)39(32)19-25-13-16-42-25)38-14-11-21(12-15-38)27-5-4-6-31(36-27)43-20-23-7-9-24(34)18-26(23)35/h4-10,17-18,21,25,29H,3,11-16,19-20H2,1-2H3/t25?,29-/m0/s1. The van der Waals surface area contributed by atoms with Crippen molar-refractivity contribution in [1.29, 1.82) is 0 Å². The van der Waals surface area contributed by atoms with E-state index in [2.05, 4.69) is 16.4 Å². The summed E-state index contributed by atoms with van der Waals surface area (Å²) in [6.45, 7) is 5.59. The van der Waals surface area contributed by atoms with Gasteiger partial charge in [0.25, 0.3) is 0 Å². The van der Waals surface area contributed by atoms with Gasteiger partial charge < -0.3 is 18.8 Å². The highest BCUT2D eigenvalue weighted by atomic mass is 35.5. The van der Waals surface area contributed by atoms with Gasteiger partial charge >= 0.3 is 5.97 Å². The van der Waals surface area contributed by atoms with Gasteiger partial charge in [0.05, 0.1) is 42.4 Å². The zero-order valence-electron chi connectivity index (χ0n) is 24.5. The Morgan fingerprint density at radius 1 is 1.12 bits per heavy atom. The summed E-state index contributed by atoms with van der Waals surface area (Å²) in [6, 6.07) is 16.1. The number of piperidine rings is 1. The molecule has 0 saturated carbocycles. The molecule has 0 amide bonds. The van der Waals surface area contributed by atoms with Crippen LogP contribution in [-0.2, 0) is 22.6 Å². The number of ether oxygens (including phenoxy) is 3. The number of methoxy groups -OCH3 is 1. The average Bonchev–Trinajstić information content (AvgIpc) is 3.36. The number of carbonyl (C=O) groups excluding carboxylic acids is 1. The van der Waals surface area contributed by atoms with Crippen molar-refractivity contribution in [1.82, 2.24) is 19.4 Å². The van der Waals surface area contributed by atoms with Crippen LogP contribution < -0.4 is 4.74 Å². The molecule has 2 fully saturated rings. The lowest BCUT2D eigenvalue weighted by Crippen LogP contribution is -2.38. The molecule has 2 aliphatic rings. The van der Waals surface area contributed by atoms with Gasteiger partial charge in [-0.25, -0.2) is 19.2 Å². The summed E-state index contributed by atoms with van der Waals surface area (Å²) in [4.78, 5) is 24.7. The van der Waals surface area contributed by atoms with E-state index in [4.69, 9.17) is 35.8 Å². The molecule has 0 N–H and O–H groups in total. The van der Waals surface area contributed by atoms with Crippen LogP contribution in [0.2, 0.25) is 5.02 Å². The van der Waals surface area contributed by atoms with Crippen LogP contribution in [0, 0.1) is 5.82 Å². The number of imidazole rings is 1. The van der Waals surface area contributed by atoms with E-state index in [0.29, 0.717) is 34.5 Å². The number of benzene rings is 2. The smallest absolute Gasteiger partial charge is 0.337 e. The summed E-state index contributed by atoms with van der Waals surface area (Å²) >= 11 is 5.87. The predicted octanol–water partition coefficient (Wildman–Crippen LogP) is 6.71. The van der Waals surface area contributed by atoms with Crippen molar-refractivity contribution in [2.75, 3.05) is 26.8 Å². The number of likely N-dealkylation sites (tertiary alicyclic amines) is 1. The topological polar surface area (TPSA) is 78.7 Å². The summed E-state index contributed by atoms with van der Waals surface area (Å²) in [6.07, 6.45) is 3.99. The number of hydrogen-bond donors (Lipinski definition) is 0. The van der Waals surface area contributed by atoms with Crippen molar-refractivity contribution in [2.24, 2.45) is 0 Å². The van der Waals surface area contributed by atoms with Crippen molar-refractivity contribution >= 4 is 28.6 Å². The molecular formula is C33H36ClFN4O4. The summed E-state index contributed by atoms with van der Waals surface area (Å²) in [5.74, 6) is 1.05. The Hall–Kier alpha value is -3.53. The van der Waals surface area contributed by atoms with Gasteiger partial charge in [0.15, 0.2) is 0 Å². The fourth-order valence-electron chi connectivity index (χ4n) is 6.10. The maximum atomic E-state index is 14.2. The molecule has 6 rings (SSSR count). The first-order valence-electron chi connectivity index (χ1n) is 14.9. The minimum Gasteiger partial charge on any atom is -0.473 e. The molecule has 43 heavy (non-hydrogen) atoms. The quantitative estimate of drug-likeness (QED) is 0.186. The molecule has 0 aliphatic carbocycles. The van der Waals surface area contributed by atoms with Gasteiger partial charge in [-0.1, -0.05) is 30.7 Å². The third-order valence-electron chi connectivity index (χ3n) is 8.59. The molecule has 2 saturated heterocycles. The van der Waals surface area contributed by atoms with Crippen LogP contribution in [0.25, 0.3) is 11.0 Å². The summed E-state index contributed by atoms with van der Waals surface area (Å²) in [5, 5.41) is 0.357. The summed E-state index contributed by atoms with van der Waals surface area (Å²) < 4.78 is 33.0. The molecule has 0 radical (unpaired) electrons. The Morgan fingerprint density at radius 2 is 1.93 bits per heavy atom. The lowest BCUT2D eigenvalue weighted by atomic mass is 9.92. The van der Waals surface area contributed by atoms with Gasteiger partial charge in [-0.2, -0.15) is 0 Å². The van der Waals surface area contributed by atoms with E-state index in [0.717, 1.165) is 67.9 Å². The number of esters is 1. The van der Waals surface area contributed by atoms with Crippen LogP contribution in [0.5, 0.6) is 5.88 Å². The number of halogens is 2. The minimum atomic E-state index is -0.390. The van der Waals surface area contributed by atoms with Crippen molar-refractivity contribution < 1.29 is 23.4 Å². The maximum Gasteiger partial charge on any atom is 0.337 e. The van der Waals surface area contributed by atoms with Crippen LogP contribution in [0.1, 0.15) is 72.0 Å². The van der Waals surface area contributed by atoms with Crippen molar-refractivity contribution in [2.45, 2.75) is 63.8 Å². The van der Waals surface area contributed by atoms with E-state index in [1.54, 1.807) is 18.2 Å². The van der Waals surface area contributed by atoms with Crippen LogP contribution in [0.4, 0.5) is 4.39 Å². The molecule has 8 nitrogen and oxygen atoms in total. The fourth-order valence-corrected chi connectivity index (χ4v) is 6.26. The molecule has 0 bridgehead atoms. The largest absolute Gasteiger partial charge is 0.473 e. The lowest BCUT2D eigenvalue weighted by molar-refractivity contribution is -0.0595. The Balaban J connectivity index is 1.16. The van der Waals surface area contributed by atoms with E-state index >= 15 is 0 Å².